The van der Waals surface area contributed by atoms with Crippen molar-refractivity contribution in [2.75, 3.05) is 6.61 Å². The number of esters is 1. The van der Waals surface area contributed by atoms with Gasteiger partial charge in [-0.25, -0.2) is 9.78 Å². The zero-order valence-electron chi connectivity index (χ0n) is 13.7. The van der Waals surface area contributed by atoms with E-state index in [1.807, 2.05) is 6.07 Å². The average Bonchev–Trinajstić information content (AvgIpc) is 2.65. The highest BCUT2D eigenvalue weighted by atomic mass is 79.9. The minimum atomic E-state index is -0.652. The van der Waals surface area contributed by atoms with Crippen LogP contribution in [0.4, 0.5) is 0 Å². The molecular formula is C18H11Br2N3O4. The summed E-state index contributed by atoms with van der Waals surface area (Å²) in [6.07, 6.45) is 0. The number of aromatic nitrogens is 2. The summed E-state index contributed by atoms with van der Waals surface area (Å²) in [6, 6.07) is 12.0. The molecule has 0 radical (unpaired) electrons. The second kappa shape index (κ2) is 8.33. The third-order valence-corrected chi connectivity index (χ3v) is 4.56. The van der Waals surface area contributed by atoms with Gasteiger partial charge in [0, 0.05) is 8.95 Å². The lowest BCUT2D eigenvalue weighted by atomic mass is 10.2. The van der Waals surface area contributed by atoms with Crippen LogP contribution in [0.5, 0.6) is 5.75 Å². The number of nitrogens with zero attached hydrogens (tertiary/aromatic N) is 2. The van der Waals surface area contributed by atoms with Crippen LogP contribution in [0.25, 0.3) is 10.9 Å². The Bertz CT molecular complexity index is 1120. The summed E-state index contributed by atoms with van der Waals surface area (Å²) in [5, 5.41) is 9.40. The number of nitriles is 1. The molecule has 0 bridgehead atoms. The zero-order chi connectivity index (χ0) is 19.4. The first-order valence-electron chi connectivity index (χ1n) is 7.63. The summed E-state index contributed by atoms with van der Waals surface area (Å²) >= 11 is 6.68. The molecule has 0 atom stereocenters. The molecule has 0 spiro atoms. The number of hydrogen-bond donors (Lipinski definition) is 1. The van der Waals surface area contributed by atoms with Gasteiger partial charge in [0.25, 0.3) is 5.56 Å². The van der Waals surface area contributed by atoms with Gasteiger partial charge in [-0.2, -0.15) is 5.26 Å². The van der Waals surface area contributed by atoms with Crippen molar-refractivity contribution < 1.29 is 14.3 Å². The highest BCUT2D eigenvalue weighted by Gasteiger charge is 2.11. The van der Waals surface area contributed by atoms with Gasteiger partial charge in [-0.05, 0) is 40.2 Å². The van der Waals surface area contributed by atoms with Gasteiger partial charge in [0.15, 0.2) is 6.61 Å². The monoisotopic (exact) mass is 491 g/mol. The van der Waals surface area contributed by atoms with Crippen molar-refractivity contribution in [3.63, 3.8) is 0 Å². The largest absolute Gasteiger partial charge is 0.481 e. The number of nitrogens with one attached hydrogen (secondary N) is 1. The van der Waals surface area contributed by atoms with Gasteiger partial charge in [0.1, 0.15) is 24.3 Å². The summed E-state index contributed by atoms with van der Waals surface area (Å²) < 4.78 is 11.8. The van der Waals surface area contributed by atoms with E-state index in [-0.39, 0.29) is 24.6 Å². The molecule has 0 amide bonds. The van der Waals surface area contributed by atoms with Crippen molar-refractivity contribution in [1.82, 2.24) is 9.97 Å². The molecule has 3 aromatic rings. The number of carbonyl (C=O) groups excluding carboxylic acids is 1. The third-order valence-electron chi connectivity index (χ3n) is 3.50. The lowest BCUT2D eigenvalue weighted by molar-refractivity contribution is -0.147. The molecule has 136 valence electrons. The number of aromatic amines is 1. The van der Waals surface area contributed by atoms with E-state index in [0.29, 0.717) is 26.7 Å². The lowest BCUT2D eigenvalue weighted by Crippen LogP contribution is -2.18. The maximum atomic E-state index is 12.2. The number of carbonyl (C=O) groups is 1. The fourth-order valence-electron chi connectivity index (χ4n) is 2.29. The Hall–Kier alpha value is -2.70. The molecule has 7 nitrogen and oxygen atoms in total. The minimum absolute atomic E-state index is 0.210. The Morgan fingerprint density at radius 3 is 2.81 bits per heavy atom. The van der Waals surface area contributed by atoms with E-state index in [0.717, 1.165) is 4.47 Å². The predicted octanol–water partition coefficient (Wildman–Crippen LogP) is 3.44. The normalized spacial score (nSPS) is 10.4. The van der Waals surface area contributed by atoms with Gasteiger partial charge in [-0.15, -0.1) is 0 Å². The van der Waals surface area contributed by atoms with E-state index in [2.05, 4.69) is 41.8 Å². The van der Waals surface area contributed by atoms with Gasteiger partial charge in [-0.3, -0.25) is 4.79 Å². The maximum Gasteiger partial charge on any atom is 0.344 e. The topological polar surface area (TPSA) is 105 Å². The quantitative estimate of drug-likeness (QED) is 0.547. The Kier molecular flexibility index (Phi) is 5.88. The molecule has 3 rings (SSSR count). The van der Waals surface area contributed by atoms with Crippen molar-refractivity contribution >= 4 is 48.7 Å². The number of benzene rings is 2. The van der Waals surface area contributed by atoms with Crippen LogP contribution in [0.2, 0.25) is 0 Å². The van der Waals surface area contributed by atoms with Crippen molar-refractivity contribution in [3.8, 4) is 11.8 Å². The zero-order valence-corrected chi connectivity index (χ0v) is 16.8. The number of halogens is 2. The van der Waals surface area contributed by atoms with E-state index >= 15 is 0 Å². The first-order chi connectivity index (χ1) is 13.0. The molecule has 9 heteroatoms. The fraction of sp³-hybridized carbons (Fsp3) is 0.111. The van der Waals surface area contributed by atoms with E-state index in [4.69, 9.17) is 14.7 Å². The highest BCUT2D eigenvalue weighted by molar-refractivity contribution is 9.11. The predicted molar refractivity (Wildman–Crippen MR) is 104 cm³/mol. The van der Waals surface area contributed by atoms with Crippen LogP contribution in [-0.2, 0) is 16.1 Å². The van der Waals surface area contributed by atoms with Crippen molar-refractivity contribution in [2.24, 2.45) is 0 Å². The molecule has 0 unspecified atom stereocenters. The van der Waals surface area contributed by atoms with Crippen LogP contribution in [0.3, 0.4) is 0 Å². The van der Waals surface area contributed by atoms with Crippen LogP contribution in [0.15, 0.2) is 50.1 Å². The van der Waals surface area contributed by atoms with Crippen LogP contribution < -0.4 is 10.3 Å². The Morgan fingerprint density at radius 1 is 1.26 bits per heavy atom. The van der Waals surface area contributed by atoms with Gasteiger partial charge in [-0.1, -0.05) is 28.1 Å². The molecular weight excluding hydrogens is 482 g/mol. The molecule has 0 aliphatic heterocycles. The van der Waals surface area contributed by atoms with Gasteiger partial charge >= 0.3 is 5.97 Å². The van der Waals surface area contributed by atoms with Crippen LogP contribution >= 0.6 is 31.9 Å². The Morgan fingerprint density at radius 2 is 2.04 bits per heavy atom. The van der Waals surface area contributed by atoms with Crippen molar-refractivity contribution in [1.29, 1.82) is 5.26 Å². The Balaban J connectivity index is 1.67. The summed E-state index contributed by atoms with van der Waals surface area (Å²) in [5.74, 6) is -0.148. The SMILES string of the molecule is N#Cc1ccccc1OCC(=O)OCc1nc2c(Br)cc(Br)cc2c(=O)[nH]1. The molecule has 2 aromatic carbocycles. The van der Waals surface area contributed by atoms with Gasteiger partial charge < -0.3 is 14.5 Å². The highest BCUT2D eigenvalue weighted by Crippen LogP contribution is 2.25. The standard InChI is InChI=1S/C18H11Br2N3O4/c19-11-5-12-17(13(20)6-11)22-15(23-18(12)25)8-27-16(24)9-26-14-4-2-1-3-10(14)7-21/h1-6H,8-9H2,(H,22,23,25). The molecule has 1 aromatic heterocycles. The summed E-state index contributed by atoms with van der Waals surface area (Å²) in [4.78, 5) is 31.0. The van der Waals surface area contributed by atoms with E-state index in [1.165, 1.54) is 0 Å². The lowest BCUT2D eigenvalue weighted by Gasteiger charge is -2.08. The van der Waals surface area contributed by atoms with E-state index in [1.54, 1.807) is 36.4 Å². The molecule has 0 fully saturated rings. The van der Waals surface area contributed by atoms with E-state index < -0.39 is 5.97 Å². The van der Waals surface area contributed by atoms with Gasteiger partial charge in [0.05, 0.1) is 16.5 Å². The second-order valence-corrected chi connectivity index (χ2v) is 7.12. The smallest absolute Gasteiger partial charge is 0.344 e. The number of fused-ring (bicyclic) bond motifs is 1. The summed E-state index contributed by atoms with van der Waals surface area (Å²) in [5.41, 5.74) is 0.446. The van der Waals surface area contributed by atoms with Crippen molar-refractivity contribution in [3.05, 3.63) is 67.1 Å². The van der Waals surface area contributed by atoms with E-state index in [9.17, 15) is 9.59 Å². The summed E-state index contributed by atoms with van der Waals surface area (Å²) in [6.45, 7) is -0.580. The van der Waals surface area contributed by atoms with Gasteiger partial charge in [0.2, 0.25) is 0 Å². The first kappa shape index (κ1) is 19.1. The third kappa shape index (κ3) is 4.53. The molecule has 1 heterocycles. The van der Waals surface area contributed by atoms with Crippen LogP contribution in [0, 0.1) is 11.3 Å². The van der Waals surface area contributed by atoms with Crippen molar-refractivity contribution in [2.45, 2.75) is 6.61 Å². The molecule has 27 heavy (non-hydrogen) atoms. The molecule has 0 aliphatic carbocycles. The fourth-order valence-corrected chi connectivity index (χ4v) is 3.61. The van der Waals surface area contributed by atoms with Crippen LogP contribution in [-0.4, -0.2) is 22.5 Å². The molecule has 0 aliphatic rings. The number of hydrogen-bond acceptors (Lipinski definition) is 6. The maximum absolute atomic E-state index is 12.2. The molecule has 0 saturated heterocycles. The first-order valence-corrected chi connectivity index (χ1v) is 9.22. The van der Waals surface area contributed by atoms with Crippen LogP contribution in [0.1, 0.15) is 11.4 Å². The average molecular weight is 493 g/mol. The molecule has 1 N–H and O–H groups in total. The number of rotatable bonds is 5. The number of H-pyrrole nitrogens is 1. The molecule has 0 saturated carbocycles. The number of ether oxygens (including phenoxy) is 2. The summed E-state index contributed by atoms with van der Waals surface area (Å²) in [7, 11) is 0. The number of para-hydroxylation sites is 1. The second-order valence-electron chi connectivity index (χ2n) is 5.35. The minimum Gasteiger partial charge on any atom is -0.481 e. The Labute approximate surface area is 170 Å².